The number of hydrogen-bond donors (Lipinski definition) is 1. The van der Waals surface area contributed by atoms with Gasteiger partial charge in [0.15, 0.2) is 0 Å². The molecule has 5 heteroatoms. The Morgan fingerprint density at radius 1 is 1.05 bits per heavy atom. The van der Waals surface area contributed by atoms with Crippen molar-refractivity contribution in [1.82, 2.24) is 15.0 Å². The highest BCUT2D eigenvalue weighted by molar-refractivity contribution is 6.30. The molecule has 0 saturated heterocycles. The maximum absolute atomic E-state index is 5.96. The second kappa shape index (κ2) is 5.68. The summed E-state index contributed by atoms with van der Waals surface area (Å²) in [6.07, 6.45) is 0. The van der Waals surface area contributed by atoms with Gasteiger partial charge in [-0.05, 0) is 31.2 Å². The third-order valence-electron chi connectivity index (χ3n) is 3.33. The molecule has 21 heavy (non-hydrogen) atoms. The van der Waals surface area contributed by atoms with E-state index in [1.165, 1.54) is 5.56 Å². The van der Waals surface area contributed by atoms with Crippen LogP contribution in [-0.4, -0.2) is 15.0 Å². The van der Waals surface area contributed by atoms with E-state index in [0.29, 0.717) is 11.6 Å². The zero-order valence-electron chi connectivity index (χ0n) is 11.6. The molecule has 0 bridgehead atoms. The fourth-order valence-electron chi connectivity index (χ4n) is 2.21. The minimum absolute atomic E-state index is 0.337. The standard InChI is InChI=1S/C16H15ClN4/c1-11-2-8-14(9-3-11)21-16(15(10-18)19-20-21)12-4-6-13(17)7-5-12/h2-9H,10,18H2,1H3. The Balaban J connectivity index is 2.16. The highest BCUT2D eigenvalue weighted by atomic mass is 35.5. The summed E-state index contributed by atoms with van der Waals surface area (Å²) in [4.78, 5) is 0. The molecule has 2 N–H and O–H groups in total. The van der Waals surface area contributed by atoms with E-state index in [9.17, 15) is 0 Å². The minimum atomic E-state index is 0.337. The van der Waals surface area contributed by atoms with Gasteiger partial charge in [-0.15, -0.1) is 5.10 Å². The fraction of sp³-hybridized carbons (Fsp3) is 0.125. The van der Waals surface area contributed by atoms with Crippen LogP contribution in [0.4, 0.5) is 0 Å². The maximum atomic E-state index is 5.96. The summed E-state index contributed by atoms with van der Waals surface area (Å²) < 4.78 is 1.81. The summed E-state index contributed by atoms with van der Waals surface area (Å²) in [5, 5.41) is 9.12. The SMILES string of the molecule is Cc1ccc(-n2nnc(CN)c2-c2ccc(Cl)cc2)cc1. The zero-order valence-corrected chi connectivity index (χ0v) is 12.4. The maximum Gasteiger partial charge on any atom is 0.105 e. The molecule has 2 aromatic carbocycles. The number of hydrogen-bond acceptors (Lipinski definition) is 3. The second-order valence-electron chi connectivity index (χ2n) is 4.84. The Morgan fingerprint density at radius 2 is 1.71 bits per heavy atom. The predicted octanol–water partition coefficient (Wildman–Crippen LogP) is 3.35. The average Bonchev–Trinajstić information content (AvgIpc) is 2.93. The Bertz CT molecular complexity index is 745. The fourth-order valence-corrected chi connectivity index (χ4v) is 2.34. The molecular weight excluding hydrogens is 284 g/mol. The Morgan fingerprint density at radius 3 is 2.33 bits per heavy atom. The molecule has 3 rings (SSSR count). The highest BCUT2D eigenvalue weighted by Gasteiger charge is 2.15. The molecule has 0 aliphatic carbocycles. The monoisotopic (exact) mass is 298 g/mol. The second-order valence-corrected chi connectivity index (χ2v) is 5.28. The number of nitrogens with zero attached hydrogens (tertiary/aromatic N) is 3. The molecule has 0 fully saturated rings. The van der Waals surface area contributed by atoms with Crippen molar-refractivity contribution in [1.29, 1.82) is 0 Å². The normalized spacial score (nSPS) is 10.8. The van der Waals surface area contributed by atoms with Crippen LogP contribution in [0.2, 0.25) is 5.02 Å². The summed E-state index contributed by atoms with van der Waals surface area (Å²) in [5.41, 5.74) is 10.6. The van der Waals surface area contributed by atoms with Gasteiger partial charge in [-0.25, -0.2) is 4.68 Å². The summed E-state index contributed by atoms with van der Waals surface area (Å²) in [5.74, 6) is 0. The first-order valence-corrected chi connectivity index (χ1v) is 7.04. The van der Waals surface area contributed by atoms with E-state index in [0.717, 1.165) is 22.6 Å². The molecule has 1 aromatic heterocycles. The van der Waals surface area contributed by atoms with Crippen molar-refractivity contribution in [3.8, 4) is 16.9 Å². The summed E-state index contributed by atoms with van der Waals surface area (Å²) in [6, 6.07) is 15.7. The molecule has 1 heterocycles. The van der Waals surface area contributed by atoms with Crippen LogP contribution >= 0.6 is 11.6 Å². The zero-order chi connectivity index (χ0) is 14.8. The van der Waals surface area contributed by atoms with E-state index in [1.807, 2.05) is 53.2 Å². The Kier molecular flexibility index (Phi) is 3.73. The molecule has 3 aromatic rings. The first kappa shape index (κ1) is 13.8. The van der Waals surface area contributed by atoms with E-state index in [4.69, 9.17) is 17.3 Å². The summed E-state index contributed by atoms with van der Waals surface area (Å²) >= 11 is 5.96. The number of rotatable bonds is 3. The van der Waals surface area contributed by atoms with Gasteiger partial charge in [-0.1, -0.05) is 46.6 Å². The van der Waals surface area contributed by atoms with Gasteiger partial charge < -0.3 is 5.73 Å². The van der Waals surface area contributed by atoms with E-state index < -0.39 is 0 Å². The molecule has 0 radical (unpaired) electrons. The molecule has 0 aliphatic rings. The third-order valence-corrected chi connectivity index (χ3v) is 3.58. The van der Waals surface area contributed by atoms with E-state index >= 15 is 0 Å². The lowest BCUT2D eigenvalue weighted by Gasteiger charge is -2.08. The first-order chi connectivity index (χ1) is 10.2. The molecule has 0 unspecified atom stereocenters. The highest BCUT2D eigenvalue weighted by Crippen LogP contribution is 2.26. The number of nitrogens with two attached hydrogens (primary N) is 1. The third kappa shape index (κ3) is 2.68. The topological polar surface area (TPSA) is 56.7 Å². The van der Waals surface area contributed by atoms with Crippen LogP contribution in [-0.2, 0) is 6.54 Å². The molecule has 0 aliphatic heterocycles. The molecule has 0 atom stereocenters. The van der Waals surface area contributed by atoms with Crippen molar-refractivity contribution in [3.05, 3.63) is 64.8 Å². The van der Waals surface area contributed by atoms with Gasteiger partial charge in [0, 0.05) is 17.1 Å². The van der Waals surface area contributed by atoms with Crippen molar-refractivity contribution < 1.29 is 0 Å². The van der Waals surface area contributed by atoms with Crippen LogP contribution < -0.4 is 5.73 Å². The largest absolute Gasteiger partial charge is 0.325 e. The number of aromatic nitrogens is 3. The van der Waals surface area contributed by atoms with Crippen LogP contribution in [0, 0.1) is 6.92 Å². The van der Waals surface area contributed by atoms with Crippen molar-refractivity contribution in [2.75, 3.05) is 0 Å². The van der Waals surface area contributed by atoms with Gasteiger partial charge in [0.1, 0.15) is 5.69 Å². The van der Waals surface area contributed by atoms with Crippen molar-refractivity contribution in [3.63, 3.8) is 0 Å². The smallest absolute Gasteiger partial charge is 0.105 e. The Hall–Kier alpha value is -2.17. The number of benzene rings is 2. The summed E-state index contributed by atoms with van der Waals surface area (Å²) in [7, 11) is 0. The minimum Gasteiger partial charge on any atom is -0.325 e. The van der Waals surface area contributed by atoms with Gasteiger partial charge in [0.2, 0.25) is 0 Å². The van der Waals surface area contributed by atoms with Gasteiger partial charge in [0.05, 0.1) is 11.4 Å². The summed E-state index contributed by atoms with van der Waals surface area (Å²) in [6.45, 7) is 2.39. The van der Waals surface area contributed by atoms with E-state index in [-0.39, 0.29) is 0 Å². The van der Waals surface area contributed by atoms with E-state index in [2.05, 4.69) is 17.2 Å². The van der Waals surface area contributed by atoms with Crippen molar-refractivity contribution >= 4 is 11.6 Å². The van der Waals surface area contributed by atoms with Gasteiger partial charge in [-0.3, -0.25) is 0 Å². The van der Waals surface area contributed by atoms with Crippen LogP contribution in [0.3, 0.4) is 0 Å². The molecule has 0 amide bonds. The quantitative estimate of drug-likeness (QED) is 0.806. The van der Waals surface area contributed by atoms with Crippen LogP contribution in [0.25, 0.3) is 16.9 Å². The average molecular weight is 299 g/mol. The first-order valence-electron chi connectivity index (χ1n) is 6.66. The predicted molar refractivity (Wildman–Crippen MR) is 84.4 cm³/mol. The van der Waals surface area contributed by atoms with Crippen molar-refractivity contribution in [2.45, 2.75) is 13.5 Å². The lowest BCUT2D eigenvalue weighted by atomic mass is 10.1. The molecule has 0 saturated carbocycles. The molecule has 0 spiro atoms. The number of halogens is 1. The van der Waals surface area contributed by atoms with Crippen LogP contribution in [0.5, 0.6) is 0 Å². The lowest BCUT2D eigenvalue weighted by Crippen LogP contribution is -2.02. The molecule has 4 nitrogen and oxygen atoms in total. The van der Waals surface area contributed by atoms with Crippen molar-refractivity contribution in [2.24, 2.45) is 5.73 Å². The number of aryl methyl sites for hydroxylation is 1. The van der Waals surface area contributed by atoms with Gasteiger partial charge >= 0.3 is 0 Å². The molecule has 106 valence electrons. The lowest BCUT2D eigenvalue weighted by molar-refractivity contribution is 0.799. The van der Waals surface area contributed by atoms with Gasteiger partial charge in [0.25, 0.3) is 0 Å². The Labute approximate surface area is 128 Å². The van der Waals surface area contributed by atoms with Crippen LogP contribution in [0.1, 0.15) is 11.3 Å². The van der Waals surface area contributed by atoms with Crippen LogP contribution in [0.15, 0.2) is 48.5 Å². The van der Waals surface area contributed by atoms with Gasteiger partial charge in [-0.2, -0.15) is 0 Å². The van der Waals surface area contributed by atoms with E-state index in [1.54, 1.807) is 0 Å². The molecular formula is C16H15ClN4.